The number of hydrogen-bond donors (Lipinski definition) is 1. The fourth-order valence-corrected chi connectivity index (χ4v) is 3.11. The lowest BCUT2D eigenvalue weighted by Gasteiger charge is -2.05. The third kappa shape index (κ3) is 4.30. The van der Waals surface area contributed by atoms with Gasteiger partial charge in [0.25, 0.3) is 5.91 Å². The van der Waals surface area contributed by atoms with Crippen molar-refractivity contribution in [2.75, 3.05) is 12.4 Å². The summed E-state index contributed by atoms with van der Waals surface area (Å²) in [7, 11) is 1.32. The minimum atomic E-state index is -0.449. The number of esters is 1. The van der Waals surface area contributed by atoms with Crippen LogP contribution in [-0.4, -0.2) is 24.0 Å². The van der Waals surface area contributed by atoms with Gasteiger partial charge >= 0.3 is 5.97 Å². The highest BCUT2D eigenvalue weighted by atomic mass is 32.1. The van der Waals surface area contributed by atoms with E-state index in [1.807, 2.05) is 30.3 Å². The molecule has 3 rings (SSSR count). The van der Waals surface area contributed by atoms with E-state index in [1.165, 1.54) is 18.4 Å². The van der Waals surface area contributed by atoms with Gasteiger partial charge in [0.1, 0.15) is 5.69 Å². The van der Waals surface area contributed by atoms with E-state index in [4.69, 9.17) is 0 Å². The second-order valence-electron chi connectivity index (χ2n) is 5.32. The summed E-state index contributed by atoms with van der Waals surface area (Å²) in [6, 6.07) is 16.6. The molecule has 0 aliphatic rings. The van der Waals surface area contributed by atoms with Crippen molar-refractivity contribution in [1.82, 2.24) is 4.98 Å². The number of rotatable bonds is 5. The zero-order chi connectivity index (χ0) is 17.6. The molecule has 126 valence electrons. The number of benzene rings is 2. The van der Waals surface area contributed by atoms with Crippen LogP contribution in [-0.2, 0) is 11.2 Å². The van der Waals surface area contributed by atoms with Gasteiger partial charge in [-0.3, -0.25) is 4.79 Å². The third-order valence-corrected chi connectivity index (χ3v) is 4.37. The maximum atomic E-state index is 12.3. The summed E-state index contributed by atoms with van der Waals surface area (Å²) < 4.78 is 4.68. The molecular formula is C19H16N2O3S. The number of nitrogens with zero attached hydrogens (tertiary/aromatic N) is 1. The Labute approximate surface area is 149 Å². The van der Waals surface area contributed by atoms with Crippen LogP contribution < -0.4 is 5.32 Å². The van der Waals surface area contributed by atoms with Gasteiger partial charge in [-0.05, 0) is 23.8 Å². The van der Waals surface area contributed by atoms with Crippen molar-refractivity contribution in [2.24, 2.45) is 0 Å². The molecule has 0 radical (unpaired) electrons. The normalized spacial score (nSPS) is 10.3. The van der Waals surface area contributed by atoms with Gasteiger partial charge in [-0.15, -0.1) is 11.3 Å². The maximum absolute atomic E-state index is 12.3. The van der Waals surface area contributed by atoms with E-state index < -0.39 is 5.97 Å². The van der Waals surface area contributed by atoms with Crippen molar-refractivity contribution < 1.29 is 14.3 Å². The predicted octanol–water partition coefficient (Wildman–Crippen LogP) is 3.77. The van der Waals surface area contributed by atoms with Crippen molar-refractivity contribution in [3.8, 4) is 0 Å². The fraction of sp³-hybridized carbons (Fsp3) is 0.105. The molecule has 25 heavy (non-hydrogen) atoms. The zero-order valence-electron chi connectivity index (χ0n) is 13.6. The Bertz CT molecular complexity index is 890. The highest BCUT2D eigenvalue weighted by molar-refractivity contribution is 7.09. The number of nitrogens with one attached hydrogen (secondary N) is 1. The van der Waals surface area contributed by atoms with Crippen LogP contribution in [0.4, 0.5) is 5.69 Å². The summed E-state index contributed by atoms with van der Waals surface area (Å²) >= 11 is 1.45. The minimum absolute atomic E-state index is 0.308. The SMILES string of the molecule is COC(=O)c1cccc(NC(=O)c2csc(Cc3ccccc3)n2)c1. The first-order valence-electron chi connectivity index (χ1n) is 7.64. The van der Waals surface area contributed by atoms with Gasteiger partial charge in [0, 0.05) is 17.5 Å². The number of carbonyl (C=O) groups excluding carboxylic acids is 2. The molecule has 0 atom stereocenters. The van der Waals surface area contributed by atoms with Crippen LogP contribution in [0.5, 0.6) is 0 Å². The maximum Gasteiger partial charge on any atom is 0.337 e. The molecule has 0 aliphatic heterocycles. The molecule has 0 saturated heterocycles. The van der Waals surface area contributed by atoms with E-state index >= 15 is 0 Å². The monoisotopic (exact) mass is 352 g/mol. The van der Waals surface area contributed by atoms with Crippen LogP contribution in [0, 0.1) is 0 Å². The van der Waals surface area contributed by atoms with Gasteiger partial charge in [-0.25, -0.2) is 9.78 Å². The van der Waals surface area contributed by atoms with Crippen LogP contribution in [0.3, 0.4) is 0 Å². The van der Waals surface area contributed by atoms with Crippen molar-refractivity contribution >= 4 is 28.9 Å². The second-order valence-corrected chi connectivity index (χ2v) is 6.26. The van der Waals surface area contributed by atoms with Gasteiger partial charge in [0.2, 0.25) is 0 Å². The van der Waals surface area contributed by atoms with Gasteiger partial charge in [0.15, 0.2) is 0 Å². The Hall–Kier alpha value is -2.99. The number of hydrogen-bond acceptors (Lipinski definition) is 5. The molecule has 0 spiro atoms. The lowest BCUT2D eigenvalue weighted by Crippen LogP contribution is -2.13. The molecule has 0 fully saturated rings. The van der Waals surface area contributed by atoms with E-state index in [1.54, 1.807) is 29.6 Å². The van der Waals surface area contributed by atoms with Crippen LogP contribution in [0.1, 0.15) is 31.4 Å². The predicted molar refractivity (Wildman–Crippen MR) is 97.1 cm³/mol. The fourth-order valence-electron chi connectivity index (χ4n) is 2.30. The number of thiazole rings is 1. The Morgan fingerprint density at radius 2 is 1.92 bits per heavy atom. The first-order chi connectivity index (χ1) is 12.2. The van der Waals surface area contributed by atoms with Crippen molar-refractivity contribution in [3.63, 3.8) is 0 Å². The van der Waals surface area contributed by atoms with E-state index in [0.29, 0.717) is 23.4 Å². The summed E-state index contributed by atoms with van der Waals surface area (Å²) in [5.41, 5.74) is 2.41. The lowest BCUT2D eigenvalue weighted by atomic mass is 10.2. The summed E-state index contributed by atoms with van der Waals surface area (Å²) in [4.78, 5) is 28.3. The number of anilines is 1. The summed E-state index contributed by atoms with van der Waals surface area (Å²) in [6.07, 6.45) is 0.691. The average Bonchev–Trinajstić information content (AvgIpc) is 3.11. The molecule has 5 nitrogen and oxygen atoms in total. The molecule has 6 heteroatoms. The number of aromatic nitrogens is 1. The highest BCUT2D eigenvalue weighted by Gasteiger charge is 2.13. The lowest BCUT2D eigenvalue weighted by molar-refractivity contribution is 0.0600. The first kappa shape index (κ1) is 16.9. The van der Waals surface area contributed by atoms with E-state index in [0.717, 1.165) is 10.6 Å². The first-order valence-corrected chi connectivity index (χ1v) is 8.52. The zero-order valence-corrected chi connectivity index (χ0v) is 14.4. The van der Waals surface area contributed by atoms with E-state index in [-0.39, 0.29) is 5.91 Å². The van der Waals surface area contributed by atoms with Crippen molar-refractivity contribution in [3.05, 3.63) is 81.8 Å². The van der Waals surface area contributed by atoms with Crippen molar-refractivity contribution in [2.45, 2.75) is 6.42 Å². The summed E-state index contributed by atoms with van der Waals surface area (Å²) in [5.74, 6) is -0.757. The number of amides is 1. The standard InChI is InChI=1S/C19H16N2O3S/c1-24-19(23)14-8-5-9-15(11-14)20-18(22)16-12-25-17(21-16)10-13-6-3-2-4-7-13/h2-9,11-12H,10H2,1H3,(H,20,22). The van der Waals surface area contributed by atoms with Crippen LogP contribution in [0.15, 0.2) is 60.0 Å². The summed E-state index contributed by atoms with van der Waals surface area (Å²) in [6.45, 7) is 0. The Morgan fingerprint density at radius 1 is 1.12 bits per heavy atom. The van der Waals surface area contributed by atoms with Gasteiger partial charge < -0.3 is 10.1 Å². The number of ether oxygens (including phenoxy) is 1. The highest BCUT2D eigenvalue weighted by Crippen LogP contribution is 2.17. The molecular weight excluding hydrogens is 336 g/mol. The smallest absolute Gasteiger partial charge is 0.337 e. The van der Waals surface area contributed by atoms with E-state index in [2.05, 4.69) is 15.0 Å². The van der Waals surface area contributed by atoms with Crippen LogP contribution >= 0.6 is 11.3 Å². The molecule has 1 heterocycles. The Morgan fingerprint density at radius 3 is 2.68 bits per heavy atom. The molecule has 2 aromatic carbocycles. The topological polar surface area (TPSA) is 68.3 Å². The third-order valence-electron chi connectivity index (χ3n) is 3.52. The quantitative estimate of drug-likeness (QED) is 0.710. The Kier molecular flexibility index (Phi) is 5.20. The molecule has 0 bridgehead atoms. The van der Waals surface area contributed by atoms with Crippen LogP contribution in [0.2, 0.25) is 0 Å². The molecule has 1 amide bonds. The second kappa shape index (κ2) is 7.72. The minimum Gasteiger partial charge on any atom is -0.465 e. The number of methoxy groups -OCH3 is 1. The number of carbonyl (C=O) groups is 2. The molecule has 0 aliphatic carbocycles. The van der Waals surface area contributed by atoms with Crippen molar-refractivity contribution in [1.29, 1.82) is 0 Å². The van der Waals surface area contributed by atoms with Gasteiger partial charge in [-0.1, -0.05) is 36.4 Å². The van der Waals surface area contributed by atoms with Gasteiger partial charge in [-0.2, -0.15) is 0 Å². The average molecular weight is 352 g/mol. The molecule has 1 aromatic heterocycles. The van der Waals surface area contributed by atoms with E-state index in [9.17, 15) is 9.59 Å². The molecule has 3 aromatic rings. The molecule has 0 unspecified atom stereocenters. The largest absolute Gasteiger partial charge is 0.465 e. The Balaban J connectivity index is 1.69. The summed E-state index contributed by atoms with van der Waals surface area (Å²) in [5, 5.41) is 5.36. The van der Waals surface area contributed by atoms with Crippen LogP contribution in [0.25, 0.3) is 0 Å². The molecule has 0 saturated carbocycles. The molecule has 1 N–H and O–H groups in total. The van der Waals surface area contributed by atoms with Gasteiger partial charge in [0.05, 0.1) is 17.7 Å².